The Morgan fingerprint density at radius 3 is 2.70 bits per heavy atom. The fourth-order valence-corrected chi connectivity index (χ4v) is 2.50. The number of hydrogen-bond acceptors (Lipinski definition) is 5. The lowest BCUT2D eigenvalue weighted by Gasteiger charge is -2.39. The maximum absolute atomic E-state index is 11.8. The number of anilines is 2. The molecule has 1 aliphatic heterocycles. The molecule has 2 rings (SSSR count). The average Bonchev–Trinajstić information content (AvgIpc) is 2.51. The molecule has 1 heterocycles. The summed E-state index contributed by atoms with van der Waals surface area (Å²) in [7, 11) is 4.91. The monoisotopic (exact) mass is 333 g/mol. The number of amides is 1. The van der Waals surface area contributed by atoms with Gasteiger partial charge in [0.15, 0.2) is 0 Å². The largest absolute Gasteiger partial charge is 0.465 e. The molecule has 1 aliphatic rings. The number of carbonyl (C=O) groups is 2. The maximum atomic E-state index is 11.8. The summed E-state index contributed by atoms with van der Waals surface area (Å²) in [6.45, 7) is 3.18. The van der Waals surface area contributed by atoms with Crippen molar-refractivity contribution in [3.63, 3.8) is 0 Å². The molecular formula is C16H21N2O4Si. The van der Waals surface area contributed by atoms with Crippen molar-refractivity contribution >= 4 is 33.5 Å². The lowest BCUT2D eigenvalue weighted by molar-refractivity contribution is -0.116. The smallest absolute Gasteiger partial charge is 0.337 e. The summed E-state index contributed by atoms with van der Waals surface area (Å²) in [6.07, 6.45) is 2.11. The lowest BCUT2D eigenvalue weighted by atomic mass is 10.1. The zero-order valence-corrected chi connectivity index (χ0v) is 14.4. The van der Waals surface area contributed by atoms with Crippen molar-refractivity contribution in [3.8, 4) is 0 Å². The number of benzene rings is 1. The van der Waals surface area contributed by atoms with Gasteiger partial charge in [0.25, 0.3) is 0 Å². The maximum Gasteiger partial charge on any atom is 0.337 e. The van der Waals surface area contributed by atoms with Crippen molar-refractivity contribution in [3.05, 3.63) is 23.8 Å². The van der Waals surface area contributed by atoms with Crippen molar-refractivity contribution in [2.24, 2.45) is 0 Å². The number of rotatable bonds is 7. The molecule has 0 spiro atoms. The molecular weight excluding hydrogens is 312 g/mol. The third kappa shape index (κ3) is 4.55. The molecule has 1 aromatic carbocycles. The molecule has 1 fully saturated rings. The van der Waals surface area contributed by atoms with Crippen LogP contribution in [0.4, 0.5) is 11.4 Å². The second-order valence-electron chi connectivity index (χ2n) is 5.50. The van der Waals surface area contributed by atoms with Gasteiger partial charge < -0.3 is 20.1 Å². The first kappa shape index (κ1) is 17.5. The van der Waals surface area contributed by atoms with Crippen LogP contribution in [-0.4, -0.2) is 47.6 Å². The number of carbonyl (C=O) groups excluding carboxylic acids is 2. The van der Waals surface area contributed by atoms with Crippen LogP contribution in [0.1, 0.15) is 36.5 Å². The summed E-state index contributed by atoms with van der Waals surface area (Å²) in [4.78, 5) is 23.5. The topological polar surface area (TPSA) is 76.7 Å². The summed E-state index contributed by atoms with van der Waals surface area (Å²) in [5.41, 5.74) is 1.71. The molecule has 1 amide bonds. The summed E-state index contributed by atoms with van der Waals surface area (Å²) >= 11 is 0. The van der Waals surface area contributed by atoms with Crippen LogP contribution >= 0.6 is 0 Å². The molecule has 123 valence electrons. The van der Waals surface area contributed by atoms with Gasteiger partial charge in [-0.05, 0) is 31.0 Å². The van der Waals surface area contributed by atoms with Crippen LogP contribution in [-0.2, 0) is 14.3 Å². The highest BCUT2D eigenvalue weighted by molar-refractivity contribution is 6.15. The van der Waals surface area contributed by atoms with E-state index >= 15 is 0 Å². The van der Waals surface area contributed by atoms with Crippen molar-refractivity contribution in [2.45, 2.75) is 31.4 Å². The van der Waals surface area contributed by atoms with Crippen LogP contribution in [0.2, 0.25) is 0 Å². The molecule has 0 aromatic heterocycles. The predicted octanol–water partition coefficient (Wildman–Crippen LogP) is 1.91. The van der Waals surface area contributed by atoms with E-state index in [9.17, 15) is 9.59 Å². The molecule has 1 saturated heterocycles. The highest BCUT2D eigenvalue weighted by Gasteiger charge is 2.33. The molecule has 23 heavy (non-hydrogen) atoms. The van der Waals surface area contributed by atoms with E-state index in [1.165, 1.54) is 7.11 Å². The van der Waals surface area contributed by atoms with E-state index in [1.807, 2.05) is 6.92 Å². The van der Waals surface area contributed by atoms with Gasteiger partial charge in [0.2, 0.25) is 5.91 Å². The Morgan fingerprint density at radius 2 is 2.13 bits per heavy atom. The molecule has 0 saturated carbocycles. The zero-order chi connectivity index (χ0) is 16.9. The van der Waals surface area contributed by atoms with Gasteiger partial charge in [-0.1, -0.05) is 6.92 Å². The highest BCUT2D eigenvalue weighted by atomic mass is 28.1. The quantitative estimate of drug-likeness (QED) is 0.589. The van der Waals surface area contributed by atoms with Crippen LogP contribution in [0.25, 0.3) is 0 Å². The summed E-state index contributed by atoms with van der Waals surface area (Å²) in [5, 5.41) is 5.69. The van der Waals surface area contributed by atoms with E-state index in [1.54, 1.807) is 18.2 Å². The molecule has 3 radical (unpaired) electrons. The minimum absolute atomic E-state index is 0.0608. The summed E-state index contributed by atoms with van der Waals surface area (Å²) < 4.78 is 10.2. The van der Waals surface area contributed by atoms with E-state index in [-0.39, 0.29) is 5.91 Å². The van der Waals surface area contributed by atoms with Gasteiger partial charge >= 0.3 is 5.97 Å². The molecule has 0 unspecified atom stereocenters. The fraction of sp³-hybridized carbons (Fsp3) is 0.500. The van der Waals surface area contributed by atoms with Crippen molar-refractivity contribution in [1.29, 1.82) is 0 Å². The molecule has 0 aliphatic carbocycles. The Balaban J connectivity index is 2.17. The molecule has 2 N–H and O–H groups in total. The third-order valence-corrected chi connectivity index (χ3v) is 4.21. The normalized spacial score (nSPS) is 19.6. The fourth-order valence-electron chi connectivity index (χ4n) is 2.21. The Kier molecular flexibility index (Phi) is 5.78. The van der Waals surface area contributed by atoms with Crippen LogP contribution in [0.3, 0.4) is 0 Å². The number of methoxy groups -OCH3 is 1. The minimum Gasteiger partial charge on any atom is -0.465 e. The summed E-state index contributed by atoms with van der Waals surface area (Å²) in [6, 6.07) is 4.99. The van der Waals surface area contributed by atoms with Crippen molar-refractivity contribution < 1.29 is 19.1 Å². The number of ether oxygens (including phenoxy) is 2. The number of esters is 1. The first-order valence-electron chi connectivity index (χ1n) is 7.62. The van der Waals surface area contributed by atoms with Gasteiger partial charge in [0.1, 0.15) is 0 Å². The Bertz CT molecular complexity index is 587. The number of hydrogen-bond donors (Lipinski definition) is 2. The molecule has 1 aromatic rings. The van der Waals surface area contributed by atoms with Gasteiger partial charge in [-0.15, -0.1) is 0 Å². The van der Waals surface area contributed by atoms with Crippen LogP contribution in [0, 0.1) is 0 Å². The second-order valence-corrected chi connectivity index (χ2v) is 6.41. The molecule has 6 nitrogen and oxygen atoms in total. The zero-order valence-electron chi connectivity index (χ0n) is 13.4. The first-order valence-corrected chi connectivity index (χ1v) is 8.12. The molecule has 1 atom stereocenters. The van der Waals surface area contributed by atoms with E-state index in [0.717, 1.165) is 12.8 Å². The van der Waals surface area contributed by atoms with Crippen LogP contribution in [0.15, 0.2) is 18.2 Å². The second kappa shape index (κ2) is 7.61. The van der Waals surface area contributed by atoms with E-state index in [4.69, 9.17) is 9.47 Å². The first-order chi connectivity index (χ1) is 11.0. The van der Waals surface area contributed by atoms with Gasteiger partial charge in [-0.3, -0.25) is 4.79 Å². The minimum atomic E-state index is -0.424. The van der Waals surface area contributed by atoms with Crippen LogP contribution < -0.4 is 10.6 Å². The number of nitrogens with one attached hydrogen (secondary N) is 2. The summed E-state index contributed by atoms with van der Waals surface area (Å²) in [5.74, 6) is -0.484. The van der Waals surface area contributed by atoms with Gasteiger partial charge in [0.05, 0.1) is 39.5 Å². The third-order valence-electron chi connectivity index (χ3n) is 3.64. The van der Waals surface area contributed by atoms with Crippen molar-refractivity contribution in [2.75, 3.05) is 30.9 Å². The van der Waals surface area contributed by atoms with Gasteiger partial charge in [-0.25, -0.2) is 4.79 Å². The van der Waals surface area contributed by atoms with E-state index in [0.29, 0.717) is 36.5 Å². The van der Waals surface area contributed by atoms with E-state index < -0.39 is 11.2 Å². The van der Waals surface area contributed by atoms with Gasteiger partial charge in [-0.2, -0.15) is 0 Å². The SMILES string of the molecule is CCCC(=O)Nc1ccc(C(=O)OC)cc1NC[C@]1([Si])CCO1. The predicted molar refractivity (Wildman–Crippen MR) is 88.9 cm³/mol. The molecule has 7 heteroatoms. The van der Waals surface area contributed by atoms with Crippen LogP contribution in [0.5, 0.6) is 0 Å². The standard InChI is InChI=1S/C16H21N2O4Si/c1-3-4-14(19)18-12-6-5-11(15(20)21-2)9-13(12)17-10-16(23)7-8-22-16/h5-6,9,17H,3-4,7-8,10H2,1-2H3,(H,18,19)/t16-/m1/s1. The Labute approximate surface area is 139 Å². The van der Waals surface area contributed by atoms with Gasteiger partial charge in [0, 0.05) is 19.6 Å². The lowest BCUT2D eigenvalue weighted by Crippen LogP contribution is -2.49. The molecule has 0 bridgehead atoms. The van der Waals surface area contributed by atoms with E-state index in [2.05, 4.69) is 20.9 Å². The highest BCUT2D eigenvalue weighted by Crippen LogP contribution is 2.28. The average molecular weight is 333 g/mol. The Morgan fingerprint density at radius 1 is 1.39 bits per heavy atom. The Hall–Kier alpha value is -1.86. The van der Waals surface area contributed by atoms with Crippen molar-refractivity contribution in [1.82, 2.24) is 0 Å².